The zero-order valence-electron chi connectivity index (χ0n) is 10.5. The average molecular weight is 317 g/mol. The first-order chi connectivity index (χ1) is 9.16. The van der Waals surface area contributed by atoms with Gasteiger partial charge < -0.3 is 4.90 Å². The highest BCUT2D eigenvalue weighted by Crippen LogP contribution is 2.32. The topological polar surface area (TPSA) is 33.2 Å². The van der Waals surface area contributed by atoms with E-state index in [1.54, 1.807) is 6.07 Å². The van der Waals surface area contributed by atoms with Gasteiger partial charge in [-0.3, -0.25) is 4.79 Å². The highest BCUT2D eigenvalue weighted by Gasteiger charge is 2.31. The normalized spacial score (nSPS) is 17.4. The fraction of sp³-hybridized carbons (Fsp3) is 0.200. The Hall–Kier alpha value is -1.68. The zero-order valence-corrected chi connectivity index (χ0v) is 12.1. The molecule has 3 rings (SSSR count). The molecular formula is C15H13BrN2O. The molecule has 2 heterocycles. The highest BCUT2D eigenvalue weighted by molar-refractivity contribution is 9.10. The van der Waals surface area contributed by atoms with Crippen LogP contribution in [0.15, 0.2) is 47.1 Å². The smallest absolute Gasteiger partial charge is 0.277 e. The number of fused-ring (bicyclic) bond motifs is 1. The van der Waals surface area contributed by atoms with Gasteiger partial charge in [0.05, 0.1) is 0 Å². The molecule has 1 atom stereocenters. The summed E-state index contributed by atoms with van der Waals surface area (Å²) < 4.78 is 0.679. The van der Waals surface area contributed by atoms with Crippen LogP contribution in [0.1, 0.15) is 23.0 Å². The first-order valence-corrected chi connectivity index (χ1v) is 7.00. The van der Waals surface area contributed by atoms with Crippen LogP contribution in [-0.4, -0.2) is 16.9 Å². The Kier molecular flexibility index (Phi) is 3.11. The molecule has 1 aliphatic rings. The average Bonchev–Trinajstić information content (AvgIpc) is 2.74. The molecule has 1 aromatic heterocycles. The summed E-state index contributed by atoms with van der Waals surface area (Å²) in [6, 6.07) is 13.6. The lowest BCUT2D eigenvalue weighted by atomic mass is 10.1. The van der Waals surface area contributed by atoms with Crippen molar-refractivity contribution in [2.24, 2.45) is 0 Å². The van der Waals surface area contributed by atoms with Gasteiger partial charge in [0.2, 0.25) is 0 Å². The van der Waals surface area contributed by atoms with Gasteiger partial charge >= 0.3 is 0 Å². The third kappa shape index (κ3) is 2.16. The fourth-order valence-corrected chi connectivity index (χ4v) is 2.87. The molecule has 1 aromatic carbocycles. The summed E-state index contributed by atoms with van der Waals surface area (Å²) >= 11 is 3.30. The van der Waals surface area contributed by atoms with Crippen molar-refractivity contribution in [3.63, 3.8) is 0 Å². The SMILES string of the molecule is CC1Cc2ccccc2N1C(=O)c1cccc(Br)n1. The summed E-state index contributed by atoms with van der Waals surface area (Å²) in [6.07, 6.45) is 0.899. The lowest BCUT2D eigenvalue weighted by Gasteiger charge is -2.22. The summed E-state index contributed by atoms with van der Waals surface area (Å²) in [5.41, 5.74) is 2.69. The van der Waals surface area contributed by atoms with E-state index in [1.165, 1.54) is 5.56 Å². The number of anilines is 1. The van der Waals surface area contributed by atoms with Crippen LogP contribution >= 0.6 is 15.9 Å². The van der Waals surface area contributed by atoms with Crippen LogP contribution in [0, 0.1) is 0 Å². The van der Waals surface area contributed by atoms with Crippen LogP contribution in [-0.2, 0) is 6.42 Å². The lowest BCUT2D eigenvalue weighted by Crippen LogP contribution is -2.36. The van der Waals surface area contributed by atoms with E-state index in [9.17, 15) is 4.79 Å². The van der Waals surface area contributed by atoms with E-state index in [0.29, 0.717) is 10.3 Å². The number of carbonyl (C=O) groups excluding carboxylic acids is 1. The maximum absolute atomic E-state index is 12.6. The van der Waals surface area contributed by atoms with E-state index in [4.69, 9.17) is 0 Å². The molecule has 0 N–H and O–H groups in total. The molecule has 0 aliphatic carbocycles. The number of hydrogen-bond donors (Lipinski definition) is 0. The molecule has 0 bridgehead atoms. The van der Waals surface area contributed by atoms with Gasteiger partial charge in [-0.1, -0.05) is 24.3 Å². The third-order valence-electron chi connectivity index (χ3n) is 3.36. The van der Waals surface area contributed by atoms with Crippen molar-refractivity contribution in [3.8, 4) is 0 Å². The van der Waals surface area contributed by atoms with Crippen molar-refractivity contribution in [3.05, 3.63) is 58.3 Å². The van der Waals surface area contributed by atoms with Gasteiger partial charge in [-0.2, -0.15) is 0 Å². The summed E-state index contributed by atoms with van der Waals surface area (Å²) in [5.74, 6) is -0.0428. The summed E-state index contributed by atoms with van der Waals surface area (Å²) in [5, 5.41) is 0. The molecule has 0 fully saturated rings. The van der Waals surface area contributed by atoms with E-state index in [0.717, 1.165) is 12.1 Å². The van der Waals surface area contributed by atoms with Crippen molar-refractivity contribution in [2.75, 3.05) is 4.90 Å². The molecule has 0 saturated carbocycles. The van der Waals surface area contributed by atoms with Gasteiger partial charge in [0.25, 0.3) is 5.91 Å². The van der Waals surface area contributed by atoms with Crippen LogP contribution in [0.4, 0.5) is 5.69 Å². The number of rotatable bonds is 1. The molecule has 19 heavy (non-hydrogen) atoms. The second-order valence-electron chi connectivity index (χ2n) is 4.70. The largest absolute Gasteiger partial charge is 0.304 e. The molecular weight excluding hydrogens is 304 g/mol. The molecule has 4 heteroatoms. The minimum atomic E-state index is -0.0428. The Labute approximate surface area is 120 Å². The molecule has 1 aliphatic heterocycles. The van der Waals surface area contributed by atoms with E-state index in [-0.39, 0.29) is 11.9 Å². The van der Waals surface area contributed by atoms with Crippen LogP contribution in [0.2, 0.25) is 0 Å². The van der Waals surface area contributed by atoms with E-state index >= 15 is 0 Å². The molecule has 3 nitrogen and oxygen atoms in total. The summed E-state index contributed by atoms with van der Waals surface area (Å²) in [7, 11) is 0. The van der Waals surface area contributed by atoms with Crippen molar-refractivity contribution in [1.82, 2.24) is 4.98 Å². The molecule has 1 unspecified atom stereocenters. The van der Waals surface area contributed by atoms with Crippen LogP contribution < -0.4 is 4.90 Å². The Morgan fingerprint density at radius 2 is 2.05 bits per heavy atom. The first kappa shape index (κ1) is 12.4. The van der Waals surface area contributed by atoms with Gasteiger partial charge in [-0.25, -0.2) is 4.98 Å². The predicted molar refractivity (Wildman–Crippen MR) is 78.4 cm³/mol. The molecule has 0 radical (unpaired) electrons. The highest BCUT2D eigenvalue weighted by atomic mass is 79.9. The number of aromatic nitrogens is 1. The minimum absolute atomic E-state index is 0.0428. The van der Waals surface area contributed by atoms with Crippen LogP contribution in [0.5, 0.6) is 0 Å². The molecule has 96 valence electrons. The van der Waals surface area contributed by atoms with E-state index in [1.807, 2.05) is 35.2 Å². The molecule has 1 amide bonds. The Bertz CT molecular complexity index is 642. The van der Waals surface area contributed by atoms with Gasteiger partial charge in [-0.05, 0) is 53.0 Å². The summed E-state index contributed by atoms with van der Waals surface area (Å²) in [4.78, 5) is 18.7. The quantitative estimate of drug-likeness (QED) is 0.755. The number of hydrogen-bond acceptors (Lipinski definition) is 2. The van der Waals surface area contributed by atoms with Crippen LogP contribution in [0.25, 0.3) is 0 Å². The van der Waals surface area contributed by atoms with Crippen molar-refractivity contribution in [1.29, 1.82) is 0 Å². The maximum Gasteiger partial charge on any atom is 0.277 e. The van der Waals surface area contributed by atoms with Crippen molar-refractivity contribution >= 4 is 27.5 Å². The maximum atomic E-state index is 12.6. The number of halogens is 1. The number of pyridine rings is 1. The minimum Gasteiger partial charge on any atom is -0.304 e. The molecule has 0 saturated heterocycles. The lowest BCUT2D eigenvalue weighted by molar-refractivity contribution is 0.0976. The summed E-state index contributed by atoms with van der Waals surface area (Å²) in [6.45, 7) is 2.07. The van der Waals surface area contributed by atoms with Gasteiger partial charge in [0, 0.05) is 11.7 Å². The second kappa shape index (κ2) is 4.78. The molecule has 2 aromatic rings. The number of amides is 1. The number of para-hydroxylation sites is 1. The second-order valence-corrected chi connectivity index (χ2v) is 5.52. The van der Waals surface area contributed by atoms with E-state index < -0.39 is 0 Å². The number of carbonyl (C=O) groups is 1. The van der Waals surface area contributed by atoms with Gasteiger partial charge in [-0.15, -0.1) is 0 Å². The standard InChI is InChI=1S/C15H13BrN2O/c1-10-9-11-5-2-3-7-13(11)18(10)15(19)12-6-4-8-14(16)17-12/h2-8,10H,9H2,1H3. The predicted octanol–water partition coefficient (Wildman–Crippen LogP) is 3.44. The van der Waals surface area contributed by atoms with E-state index in [2.05, 4.69) is 33.9 Å². The molecule has 0 spiro atoms. The monoisotopic (exact) mass is 316 g/mol. The van der Waals surface area contributed by atoms with Crippen molar-refractivity contribution in [2.45, 2.75) is 19.4 Å². The Balaban J connectivity index is 2.01. The number of nitrogens with zero attached hydrogens (tertiary/aromatic N) is 2. The number of benzene rings is 1. The van der Waals surface area contributed by atoms with Gasteiger partial charge in [0.1, 0.15) is 10.3 Å². The fourth-order valence-electron chi connectivity index (χ4n) is 2.53. The Morgan fingerprint density at radius 3 is 2.84 bits per heavy atom. The van der Waals surface area contributed by atoms with Crippen LogP contribution in [0.3, 0.4) is 0 Å². The third-order valence-corrected chi connectivity index (χ3v) is 3.80. The zero-order chi connectivity index (χ0) is 13.4. The first-order valence-electron chi connectivity index (χ1n) is 6.21. The Morgan fingerprint density at radius 1 is 1.26 bits per heavy atom. The van der Waals surface area contributed by atoms with Crippen molar-refractivity contribution < 1.29 is 4.79 Å². The van der Waals surface area contributed by atoms with Gasteiger partial charge in [0.15, 0.2) is 0 Å².